The fraction of sp³-hybridized carbons (Fsp3) is 0.462. The third-order valence-electron chi connectivity index (χ3n) is 2.27. The topological polar surface area (TPSA) is 82.5 Å². The average Bonchev–Trinajstić information content (AvgIpc) is 2.85. The van der Waals surface area contributed by atoms with Crippen LogP contribution in [0.5, 0.6) is 0 Å². The average molecular weight is 281 g/mol. The summed E-state index contributed by atoms with van der Waals surface area (Å²) in [6, 6.07) is 0. The molecule has 0 unspecified atom stereocenters. The number of aromatic nitrogens is 2. The Bertz CT molecular complexity index is 512. The van der Waals surface area contributed by atoms with E-state index < -0.39 is 17.7 Å². The first-order valence-electron chi connectivity index (χ1n) is 6.02. The SMILES string of the molecule is COC(=O)/C(NC(=O)OC(C)(C)C)=C(\C)n1ccnc1. The van der Waals surface area contributed by atoms with Gasteiger partial charge in [0, 0.05) is 12.4 Å². The Labute approximate surface area is 117 Å². The number of ether oxygens (including phenoxy) is 2. The highest BCUT2D eigenvalue weighted by Gasteiger charge is 2.22. The minimum atomic E-state index is -0.725. The van der Waals surface area contributed by atoms with E-state index >= 15 is 0 Å². The maximum absolute atomic E-state index is 11.8. The fourth-order valence-electron chi connectivity index (χ4n) is 1.38. The molecule has 0 aromatic carbocycles. The number of alkyl carbamates (subject to hydrolysis) is 1. The molecule has 0 atom stereocenters. The lowest BCUT2D eigenvalue weighted by Crippen LogP contribution is -2.35. The molecule has 20 heavy (non-hydrogen) atoms. The number of rotatable bonds is 3. The smallest absolute Gasteiger partial charge is 0.412 e. The standard InChI is InChI=1S/C13H19N3O4/c1-9(16-7-6-14-8-16)10(11(17)19-5)15-12(18)20-13(2,3)4/h6-8H,1-5H3,(H,15,18)/b10-9-. The van der Waals surface area contributed by atoms with Gasteiger partial charge in [-0.2, -0.15) is 0 Å². The maximum Gasteiger partial charge on any atom is 0.412 e. The number of hydrogen-bond acceptors (Lipinski definition) is 5. The van der Waals surface area contributed by atoms with Gasteiger partial charge in [0.15, 0.2) is 0 Å². The van der Waals surface area contributed by atoms with Crippen molar-refractivity contribution in [2.45, 2.75) is 33.3 Å². The van der Waals surface area contributed by atoms with Gasteiger partial charge in [0.25, 0.3) is 0 Å². The number of hydrogen-bond donors (Lipinski definition) is 1. The van der Waals surface area contributed by atoms with Crippen LogP contribution in [0.3, 0.4) is 0 Å². The number of nitrogens with one attached hydrogen (secondary N) is 1. The van der Waals surface area contributed by atoms with Crippen molar-refractivity contribution in [1.29, 1.82) is 0 Å². The van der Waals surface area contributed by atoms with Gasteiger partial charge < -0.3 is 14.0 Å². The summed E-state index contributed by atoms with van der Waals surface area (Å²) >= 11 is 0. The molecule has 0 saturated heterocycles. The molecule has 0 aliphatic carbocycles. The van der Waals surface area contributed by atoms with E-state index in [0.717, 1.165) is 0 Å². The summed E-state index contributed by atoms with van der Waals surface area (Å²) in [6.45, 7) is 6.86. The van der Waals surface area contributed by atoms with E-state index in [0.29, 0.717) is 5.70 Å². The van der Waals surface area contributed by atoms with E-state index in [9.17, 15) is 9.59 Å². The van der Waals surface area contributed by atoms with Gasteiger partial charge in [-0.1, -0.05) is 0 Å². The lowest BCUT2D eigenvalue weighted by molar-refractivity contribution is -0.136. The molecule has 7 heteroatoms. The van der Waals surface area contributed by atoms with Crippen molar-refractivity contribution in [3.05, 3.63) is 24.4 Å². The number of carbonyl (C=O) groups is 2. The van der Waals surface area contributed by atoms with Crippen LogP contribution in [-0.2, 0) is 14.3 Å². The molecule has 1 N–H and O–H groups in total. The van der Waals surface area contributed by atoms with Gasteiger partial charge in [-0.05, 0) is 27.7 Å². The zero-order valence-electron chi connectivity index (χ0n) is 12.3. The zero-order chi connectivity index (χ0) is 15.3. The third kappa shape index (κ3) is 4.42. The Morgan fingerprint density at radius 1 is 1.30 bits per heavy atom. The highest BCUT2D eigenvalue weighted by Crippen LogP contribution is 2.12. The van der Waals surface area contributed by atoms with Crippen LogP contribution in [-0.4, -0.2) is 34.3 Å². The van der Waals surface area contributed by atoms with Crippen LogP contribution < -0.4 is 5.32 Å². The molecule has 0 aliphatic heterocycles. The van der Waals surface area contributed by atoms with Crippen LogP contribution in [0.4, 0.5) is 4.79 Å². The lowest BCUT2D eigenvalue weighted by Gasteiger charge is -2.20. The van der Waals surface area contributed by atoms with Gasteiger partial charge in [-0.25, -0.2) is 14.6 Å². The summed E-state index contributed by atoms with van der Waals surface area (Å²) < 4.78 is 11.4. The van der Waals surface area contributed by atoms with Crippen LogP contribution in [0.25, 0.3) is 5.70 Å². The largest absolute Gasteiger partial charge is 0.464 e. The van der Waals surface area contributed by atoms with Gasteiger partial charge >= 0.3 is 12.1 Å². The second-order valence-corrected chi connectivity index (χ2v) is 5.05. The van der Waals surface area contributed by atoms with Crippen LogP contribution >= 0.6 is 0 Å². The summed E-state index contributed by atoms with van der Waals surface area (Å²) in [5, 5.41) is 2.41. The van der Waals surface area contributed by atoms with Gasteiger partial charge in [0.1, 0.15) is 11.3 Å². The summed E-state index contributed by atoms with van der Waals surface area (Å²) in [5.74, 6) is -0.665. The molecule has 0 aliphatic rings. The predicted molar refractivity (Wildman–Crippen MR) is 72.5 cm³/mol. The molecular weight excluding hydrogens is 262 g/mol. The Morgan fingerprint density at radius 2 is 1.95 bits per heavy atom. The van der Waals surface area contributed by atoms with Gasteiger partial charge in [-0.3, -0.25) is 5.32 Å². The quantitative estimate of drug-likeness (QED) is 0.674. The van der Waals surface area contributed by atoms with E-state index in [-0.39, 0.29) is 5.70 Å². The maximum atomic E-state index is 11.8. The lowest BCUT2D eigenvalue weighted by atomic mass is 10.2. The second-order valence-electron chi connectivity index (χ2n) is 5.05. The number of esters is 1. The van der Waals surface area contributed by atoms with Crippen LogP contribution in [0.1, 0.15) is 27.7 Å². The normalized spacial score (nSPS) is 12.4. The van der Waals surface area contributed by atoms with E-state index in [1.807, 2.05) is 0 Å². The summed E-state index contributed by atoms with van der Waals surface area (Å²) in [7, 11) is 1.24. The van der Waals surface area contributed by atoms with E-state index in [4.69, 9.17) is 4.74 Å². The molecule has 0 fully saturated rings. The molecule has 0 bridgehead atoms. The van der Waals surface area contributed by atoms with Crippen molar-refractivity contribution >= 4 is 17.8 Å². The Balaban J connectivity index is 3.00. The molecule has 1 aromatic rings. The second kappa shape index (κ2) is 6.23. The van der Waals surface area contributed by atoms with Gasteiger partial charge in [0.2, 0.25) is 0 Å². The van der Waals surface area contributed by atoms with Crippen LogP contribution in [0.2, 0.25) is 0 Å². The summed E-state index contributed by atoms with van der Waals surface area (Å²) in [5.41, 5.74) is -0.186. The Morgan fingerprint density at radius 3 is 2.40 bits per heavy atom. The minimum Gasteiger partial charge on any atom is -0.464 e. The molecule has 110 valence electrons. The highest BCUT2D eigenvalue weighted by molar-refractivity contribution is 5.97. The minimum absolute atomic E-state index is 0.000231. The van der Waals surface area contributed by atoms with Crippen molar-refractivity contribution in [3.8, 4) is 0 Å². The molecular formula is C13H19N3O4. The van der Waals surface area contributed by atoms with Crippen molar-refractivity contribution in [3.63, 3.8) is 0 Å². The number of imidazole rings is 1. The number of carbonyl (C=O) groups excluding carboxylic acids is 2. The molecule has 0 spiro atoms. The van der Waals surface area contributed by atoms with Crippen molar-refractivity contribution in [1.82, 2.24) is 14.9 Å². The molecule has 1 amide bonds. The van der Waals surface area contributed by atoms with Crippen LogP contribution in [0, 0.1) is 0 Å². The van der Waals surface area contributed by atoms with Crippen molar-refractivity contribution in [2.24, 2.45) is 0 Å². The van der Waals surface area contributed by atoms with E-state index in [1.54, 1.807) is 44.7 Å². The Kier molecular flexibility index (Phi) is 4.90. The molecule has 1 heterocycles. The predicted octanol–water partition coefficient (Wildman–Crippen LogP) is 1.77. The van der Waals surface area contributed by atoms with E-state index in [1.165, 1.54) is 13.4 Å². The van der Waals surface area contributed by atoms with Crippen LogP contribution in [0.15, 0.2) is 24.4 Å². The van der Waals surface area contributed by atoms with Crippen molar-refractivity contribution < 1.29 is 19.1 Å². The van der Waals surface area contributed by atoms with Gasteiger partial charge in [-0.15, -0.1) is 0 Å². The monoisotopic (exact) mass is 281 g/mol. The first kappa shape index (κ1) is 15.7. The first-order chi connectivity index (χ1) is 9.24. The molecule has 0 saturated carbocycles. The molecule has 1 aromatic heterocycles. The number of methoxy groups -OCH3 is 1. The molecule has 7 nitrogen and oxygen atoms in total. The molecule has 0 radical (unpaired) electrons. The van der Waals surface area contributed by atoms with Gasteiger partial charge in [0.05, 0.1) is 19.1 Å². The number of nitrogens with zero attached hydrogens (tertiary/aromatic N) is 2. The first-order valence-corrected chi connectivity index (χ1v) is 6.02. The third-order valence-corrected chi connectivity index (χ3v) is 2.27. The van der Waals surface area contributed by atoms with E-state index in [2.05, 4.69) is 15.0 Å². The zero-order valence-corrected chi connectivity index (χ0v) is 12.3. The number of allylic oxidation sites excluding steroid dienone is 1. The number of amides is 1. The fourth-order valence-corrected chi connectivity index (χ4v) is 1.38. The summed E-state index contributed by atoms with van der Waals surface area (Å²) in [4.78, 5) is 27.4. The van der Waals surface area contributed by atoms with Crippen molar-refractivity contribution in [2.75, 3.05) is 7.11 Å². The Hall–Kier alpha value is -2.31. The molecule has 1 rings (SSSR count). The summed E-state index contributed by atoms with van der Waals surface area (Å²) in [6.07, 6.45) is 3.99. The highest BCUT2D eigenvalue weighted by atomic mass is 16.6.